The normalized spacial score (nSPS) is 18.1. The summed E-state index contributed by atoms with van der Waals surface area (Å²) in [5, 5.41) is 10.6. The van der Waals surface area contributed by atoms with Crippen LogP contribution in [0.5, 0.6) is 0 Å². The number of allylic oxidation sites excluding steroid dienone is 1. The highest BCUT2D eigenvalue weighted by Crippen LogP contribution is 2.45. The quantitative estimate of drug-likeness (QED) is 0.463. The summed E-state index contributed by atoms with van der Waals surface area (Å²) in [4.78, 5) is 17.1. The molecular formula is C26H24F3NO2. The van der Waals surface area contributed by atoms with Crippen molar-refractivity contribution in [2.75, 3.05) is 0 Å². The van der Waals surface area contributed by atoms with Crippen molar-refractivity contribution in [1.82, 2.24) is 4.98 Å². The van der Waals surface area contributed by atoms with Crippen molar-refractivity contribution in [2.24, 2.45) is 11.3 Å². The molecule has 0 radical (unpaired) electrons. The van der Waals surface area contributed by atoms with Gasteiger partial charge in [-0.1, -0.05) is 51.1 Å². The zero-order chi connectivity index (χ0) is 23.3. The summed E-state index contributed by atoms with van der Waals surface area (Å²) in [5.41, 5.74) is 2.36. The van der Waals surface area contributed by atoms with E-state index in [0.717, 1.165) is 17.7 Å². The number of benzene rings is 2. The van der Waals surface area contributed by atoms with Gasteiger partial charge >= 0.3 is 12.1 Å². The van der Waals surface area contributed by atoms with Gasteiger partial charge in [-0.2, -0.15) is 13.2 Å². The van der Waals surface area contributed by atoms with Crippen molar-refractivity contribution in [3.05, 3.63) is 76.5 Å². The number of halogens is 3. The van der Waals surface area contributed by atoms with E-state index in [1.54, 1.807) is 36.4 Å². The van der Waals surface area contributed by atoms with E-state index in [2.05, 4.69) is 20.8 Å². The van der Waals surface area contributed by atoms with Gasteiger partial charge in [0.05, 0.1) is 22.3 Å². The Bertz CT molecular complexity index is 1240. The van der Waals surface area contributed by atoms with Crippen molar-refractivity contribution in [1.29, 1.82) is 0 Å². The van der Waals surface area contributed by atoms with Crippen LogP contribution in [-0.4, -0.2) is 16.1 Å². The van der Waals surface area contributed by atoms with Crippen LogP contribution < -0.4 is 0 Å². The van der Waals surface area contributed by atoms with Gasteiger partial charge in [0.25, 0.3) is 0 Å². The van der Waals surface area contributed by atoms with Crippen LogP contribution in [0.1, 0.15) is 59.9 Å². The fourth-order valence-corrected chi connectivity index (χ4v) is 4.39. The lowest BCUT2D eigenvalue weighted by Gasteiger charge is -2.36. The summed E-state index contributed by atoms with van der Waals surface area (Å²) in [5.74, 6) is -0.902. The Morgan fingerprint density at radius 3 is 2.44 bits per heavy atom. The molecule has 0 saturated carbocycles. The zero-order valence-electron chi connectivity index (χ0n) is 18.1. The third-order valence-corrected chi connectivity index (χ3v) is 6.21. The molecule has 0 fully saturated rings. The Hall–Kier alpha value is -3.15. The molecule has 32 heavy (non-hydrogen) atoms. The number of carbonyl (C=O) groups is 1. The topological polar surface area (TPSA) is 50.2 Å². The largest absolute Gasteiger partial charge is 0.478 e. The zero-order valence-corrected chi connectivity index (χ0v) is 18.1. The van der Waals surface area contributed by atoms with Crippen LogP contribution in [0.25, 0.3) is 22.6 Å². The molecule has 1 aliphatic carbocycles. The Morgan fingerprint density at radius 1 is 1.06 bits per heavy atom. The molecule has 3 nitrogen and oxygen atoms in total. The molecule has 1 aliphatic rings. The number of carboxylic acids is 1. The number of alkyl halides is 3. The molecule has 1 N–H and O–H groups in total. The molecule has 0 bridgehead atoms. The van der Waals surface area contributed by atoms with Crippen molar-refractivity contribution >= 4 is 28.5 Å². The highest BCUT2D eigenvalue weighted by Gasteiger charge is 2.35. The molecule has 1 aromatic heterocycles. The lowest BCUT2D eigenvalue weighted by molar-refractivity contribution is -0.137. The summed E-state index contributed by atoms with van der Waals surface area (Å²) < 4.78 is 39.7. The molecule has 2 aromatic carbocycles. The smallest absolute Gasteiger partial charge is 0.416 e. The second kappa shape index (κ2) is 7.76. The Labute approximate surface area is 184 Å². The van der Waals surface area contributed by atoms with E-state index in [0.29, 0.717) is 40.6 Å². The third kappa shape index (κ3) is 4.14. The van der Waals surface area contributed by atoms with Gasteiger partial charge in [0.15, 0.2) is 0 Å². The molecule has 0 aliphatic heterocycles. The van der Waals surface area contributed by atoms with Gasteiger partial charge in [0.2, 0.25) is 0 Å². The van der Waals surface area contributed by atoms with Crippen molar-refractivity contribution in [2.45, 2.75) is 39.8 Å². The molecule has 1 heterocycles. The van der Waals surface area contributed by atoms with Gasteiger partial charge in [-0.15, -0.1) is 0 Å². The van der Waals surface area contributed by atoms with Crippen molar-refractivity contribution < 1.29 is 23.1 Å². The average Bonchev–Trinajstić information content (AvgIpc) is 2.70. The van der Waals surface area contributed by atoms with E-state index in [4.69, 9.17) is 4.98 Å². The predicted molar refractivity (Wildman–Crippen MR) is 119 cm³/mol. The van der Waals surface area contributed by atoms with Crippen molar-refractivity contribution in [3.8, 4) is 0 Å². The highest BCUT2D eigenvalue weighted by molar-refractivity contribution is 6.06. The summed E-state index contributed by atoms with van der Waals surface area (Å²) in [6.45, 7) is 6.29. The lowest BCUT2D eigenvalue weighted by Crippen LogP contribution is -2.28. The van der Waals surface area contributed by atoms with E-state index in [-0.39, 0.29) is 16.9 Å². The van der Waals surface area contributed by atoms with E-state index < -0.39 is 17.7 Å². The SMILES string of the molecule is CC(C)(C)C1CC(=Cc2cccc(C(F)(F)F)c2)c2nc3ccccc3c(C(=O)O)c2C1. The molecule has 3 aromatic rings. The maximum absolute atomic E-state index is 13.2. The number of pyridine rings is 1. The number of fused-ring (bicyclic) bond motifs is 2. The molecule has 0 saturated heterocycles. The number of rotatable bonds is 2. The molecule has 1 unspecified atom stereocenters. The number of aromatic carboxylic acids is 1. The van der Waals surface area contributed by atoms with Gasteiger partial charge < -0.3 is 5.11 Å². The lowest BCUT2D eigenvalue weighted by atomic mass is 9.69. The van der Waals surface area contributed by atoms with Gasteiger partial charge in [-0.3, -0.25) is 0 Å². The second-order valence-corrected chi connectivity index (χ2v) is 9.40. The predicted octanol–water partition coefficient (Wildman–Crippen LogP) is 7.10. The molecule has 4 rings (SSSR count). The first-order chi connectivity index (χ1) is 14.9. The number of hydrogen-bond donors (Lipinski definition) is 1. The van der Waals surface area contributed by atoms with Gasteiger partial charge in [0, 0.05) is 5.39 Å². The maximum atomic E-state index is 13.2. The van der Waals surface area contributed by atoms with Gasteiger partial charge in [-0.25, -0.2) is 9.78 Å². The number of hydrogen-bond acceptors (Lipinski definition) is 2. The molecule has 0 amide bonds. The van der Waals surface area contributed by atoms with Crippen LogP contribution >= 0.6 is 0 Å². The summed E-state index contributed by atoms with van der Waals surface area (Å²) in [6.07, 6.45) is -1.55. The highest BCUT2D eigenvalue weighted by atomic mass is 19.4. The van der Waals surface area contributed by atoms with Crippen LogP contribution in [0.15, 0.2) is 48.5 Å². The van der Waals surface area contributed by atoms with Crippen LogP contribution in [0.4, 0.5) is 13.2 Å². The third-order valence-electron chi connectivity index (χ3n) is 6.21. The second-order valence-electron chi connectivity index (χ2n) is 9.40. The van der Waals surface area contributed by atoms with E-state index in [1.165, 1.54) is 6.07 Å². The molecule has 1 atom stereocenters. The first kappa shape index (κ1) is 22.1. The first-order valence-corrected chi connectivity index (χ1v) is 10.5. The fraction of sp³-hybridized carbons (Fsp3) is 0.308. The van der Waals surface area contributed by atoms with E-state index in [1.807, 2.05) is 0 Å². The van der Waals surface area contributed by atoms with Gasteiger partial charge in [-0.05, 0) is 65.1 Å². The van der Waals surface area contributed by atoms with Gasteiger partial charge in [0.1, 0.15) is 0 Å². The molecule has 0 spiro atoms. The monoisotopic (exact) mass is 439 g/mol. The molecule has 6 heteroatoms. The minimum atomic E-state index is -4.43. The van der Waals surface area contributed by atoms with Crippen molar-refractivity contribution in [3.63, 3.8) is 0 Å². The Kier molecular flexibility index (Phi) is 5.35. The van der Waals surface area contributed by atoms with Crippen LogP contribution in [0, 0.1) is 11.3 Å². The standard InChI is InChI=1S/C26H24F3NO2/c1-25(2,3)18-13-16(11-15-7-6-8-17(12-15)26(27,28)29)23-20(14-18)22(24(31)32)19-9-4-5-10-21(19)30-23/h4-12,18H,13-14H2,1-3H3,(H,31,32). The van der Waals surface area contributed by atoms with Crippen LogP contribution in [0.2, 0.25) is 0 Å². The Morgan fingerprint density at radius 2 is 1.78 bits per heavy atom. The fourth-order valence-electron chi connectivity index (χ4n) is 4.39. The summed E-state index contributed by atoms with van der Waals surface area (Å²) in [7, 11) is 0. The summed E-state index contributed by atoms with van der Waals surface area (Å²) >= 11 is 0. The Balaban J connectivity index is 1.97. The van der Waals surface area contributed by atoms with Crippen LogP contribution in [0.3, 0.4) is 0 Å². The van der Waals surface area contributed by atoms with Crippen LogP contribution in [-0.2, 0) is 12.6 Å². The minimum Gasteiger partial charge on any atom is -0.478 e. The van der Waals surface area contributed by atoms with E-state index >= 15 is 0 Å². The maximum Gasteiger partial charge on any atom is 0.416 e. The number of aromatic nitrogens is 1. The minimum absolute atomic E-state index is 0.119. The van der Waals surface area contributed by atoms with E-state index in [9.17, 15) is 23.1 Å². The first-order valence-electron chi connectivity index (χ1n) is 10.5. The molecular weight excluding hydrogens is 415 g/mol. The number of carboxylic acid groups (broad SMARTS) is 1. The number of nitrogens with zero attached hydrogens (tertiary/aromatic N) is 1. The number of para-hydroxylation sites is 1. The summed E-state index contributed by atoms with van der Waals surface area (Å²) in [6, 6.07) is 12.3. The molecule has 166 valence electrons. The average molecular weight is 439 g/mol.